The lowest BCUT2D eigenvalue weighted by Gasteiger charge is -2.19. The van der Waals surface area contributed by atoms with E-state index in [0.717, 1.165) is 28.7 Å². The van der Waals surface area contributed by atoms with E-state index in [1.807, 2.05) is 13.0 Å². The molecule has 1 atom stereocenters. The molecule has 1 unspecified atom stereocenters. The lowest BCUT2D eigenvalue weighted by molar-refractivity contribution is -0.384. The van der Waals surface area contributed by atoms with Gasteiger partial charge in [-0.25, -0.2) is 0 Å². The van der Waals surface area contributed by atoms with Crippen molar-refractivity contribution in [3.05, 3.63) is 69.8 Å². The molecule has 0 fully saturated rings. The molecule has 2 aromatic carbocycles. The maximum atomic E-state index is 11.1. The second-order valence-electron chi connectivity index (χ2n) is 7.99. The highest BCUT2D eigenvalue weighted by Gasteiger charge is 2.19. The first-order chi connectivity index (χ1) is 13.7. The molecule has 0 bridgehead atoms. The van der Waals surface area contributed by atoms with Crippen LogP contribution in [0.3, 0.4) is 0 Å². The van der Waals surface area contributed by atoms with E-state index in [9.17, 15) is 10.1 Å². The van der Waals surface area contributed by atoms with Crippen LogP contribution in [0.1, 0.15) is 51.0 Å². The Bertz CT molecular complexity index is 1010. The van der Waals surface area contributed by atoms with Gasteiger partial charge in [0.25, 0.3) is 5.69 Å². The van der Waals surface area contributed by atoms with Crippen LogP contribution in [0.5, 0.6) is 0 Å². The molecule has 0 spiro atoms. The average molecular weight is 411 g/mol. The third kappa shape index (κ3) is 4.67. The van der Waals surface area contributed by atoms with E-state index in [1.54, 1.807) is 23.9 Å². The maximum absolute atomic E-state index is 11.1. The van der Waals surface area contributed by atoms with Gasteiger partial charge in [-0.3, -0.25) is 10.1 Å². The first kappa shape index (κ1) is 21.0. The van der Waals surface area contributed by atoms with E-state index in [4.69, 9.17) is 0 Å². The van der Waals surface area contributed by atoms with Gasteiger partial charge in [-0.2, -0.15) is 0 Å². The zero-order valence-corrected chi connectivity index (χ0v) is 18.2. The smallest absolute Gasteiger partial charge is 0.269 e. The molecule has 0 amide bonds. The molecule has 7 heteroatoms. The standard InChI is InChI=1S/C22H26N4O2S/c1-6-25-20(16-10-12-18(13-11-16)22(3,4)5)23-24-21(25)29-15(2)17-8-7-9-19(14-17)26(27)28/h7-15H,6H2,1-5H3. The monoisotopic (exact) mass is 410 g/mol. The number of hydrogen-bond donors (Lipinski definition) is 0. The number of nitro benzene ring substituents is 1. The molecule has 0 aliphatic heterocycles. The van der Waals surface area contributed by atoms with Gasteiger partial charge in [-0.1, -0.05) is 68.9 Å². The molecule has 0 radical (unpaired) electrons. The van der Waals surface area contributed by atoms with E-state index in [0.29, 0.717) is 0 Å². The van der Waals surface area contributed by atoms with E-state index in [-0.39, 0.29) is 21.3 Å². The number of benzene rings is 2. The summed E-state index contributed by atoms with van der Waals surface area (Å²) in [5.74, 6) is 0.835. The van der Waals surface area contributed by atoms with Crippen molar-refractivity contribution in [2.75, 3.05) is 0 Å². The molecule has 0 saturated heterocycles. The molecule has 0 aliphatic rings. The molecule has 3 rings (SSSR count). The molecule has 1 aromatic heterocycles. The lowest BCUT2D eigenvalue weighted by Crippen LogP contribution is -2.10. The van der Waals surface area contributed by atoms with Crippen LogP contribution in [0, 0.1) is 10.1 Å². The van der Waals surface area contributed by atoms with Crippen molar-refractivity contribution in [1.29, 1.82) is 0 Å². The Morgan fingerprint density at radius 2 is 1.83 bits per heavy atom. The van der Waals surface area contributed by atoms with Gasteiger partial charge in [0.05, 0.1) is 4.92 Å². The first-order valence-electron chi connectivity index (χ1n) is 9.66. The van der Waals surface area contributed by atoms with Crippen LogP contribution in [-0.4, -0.2) is 19.7 Å². The Morgan fingerprint density at radius 1 is 1.14 bits per heavy atom. The van der Waals surface area contributed by atoms with E-state index < -0.39 is 0 Å². The van der Waals surface area contributed by atoms with Gasteiger partial charge in [0.15, 0.2) is 11.0 Å². The SMILES string of the molecule is CCn1c(SC(C)c2cccc([N+](=O)[O-])c2)nnc1-c1ccc(C(C)(C)C)cc1. The number of nitrogens with zero attached hydrogens (tertiary/aromatic N) is 4. The highest BCUT2D eigenvalue weighted by Crippen LogP contribution is 2.36. The second-order valence-corrected chi connectivity index (χ2v) is 9.30. The quantitative estimate of drug-likeness (QED) is 0.282. The molecular weight excluding hydrogens is 384 g/mol. The van der Waals surface area contributed by atoms with Gasteiger partial charge in [0, 0.05) is 29.5 Å². The molecule has 152 valence electrons. The first-order valence-corrected chi connectivity index (χ1v) is 10.5. The summed E-state index contributed by atoms with van der Waals surface area (Å²) >= 11 is 1.56. The highest BCUT2D eigenvalue weighted by atomic mass is 32.2. The Kier molecular flexibility index (Phi) is 6.07. The normalized spacial score (nSPS) is 12.7. The minimum atomic E-state index is -0.366. The number of rotatable bonds is 6. The lowest BCUT2D eigenvalue weighted by atomic mass is 9.87. The molecule has 29 heavy (non-hydrogen) atoms. The van der Waals surface area contributed by atoms with Crippen molar-refractivity contribution in [3.63, 3.8) is 0 Å². The zero-order valence-electron chi connectivity index (χ0n) is 17.4. The Hall–Kier alpha value is -2.67. The number of hydrogen-bond acceptors (Lipinski definition) is 5. The molecular formula is C22H26N4O2S. The second kappa shape index (κ2) is 8.37. The fraction of sp³-hybridized carbons (Fsp3) is 0.364. The van der Waals surface area contributed by atoms with Crippen molar-refractivity contribution < 1.29 is 4.92 Å². The summed E-state index contributed by atoms with van der Waals surface area (Å²) in [7, 11) is 0. The number of thioether (sulfide) groups is 1. The van der Waals surface area contributed by atoms with Gasteiger partial charge in [-0.05, 0) is 30.4 Å². The fourth-order valence-electron chi connectivity index (χ4n) is 3.11. The van der Waals surface area contributed by atoms with Crippen LogP contribution in [-0.2, 0) is 12.0 Å². The van der Waals surface area contributed by atoms with Crippen molar-refractivity contribution in [2.24, 2.45) is 0 Å². The number of aromatic nitrogens is 3. The van der Waals surface area contributed by atoms with Crippen molar-refractivity contribution in [2.45, 2.75) is 57.0 Å². The Labute approximate surface area is 175 Å². The van der Waals surface area contributed by atoms with Gasteiger partial charge in [0.2, 0.25) is 0 Å². The van der Waals surface area contributed by atoms with E-state index in [2.05, 4.69) is 66.7 Å². The van der Waals surface area contributed by atoms with E-state index in [1.165, 1.54) is 11.6 Å². The van der Waals surface area contributed by atoms with Crippen LogP contribution in [0.2, 0.25) is 0 Å². The zero-order chi connectivity index (χ0) is 21.2. The van der Waals surface area contributed by atoms with Crippen molar-refractivity contribution in [1.82, 2.24) is 14.8 Å². The van der Waals surface area contributed by atoms with Crippen molar-refractivity contribution >= 4 is 17.4 Å². The third-order valence-electron chi connectivity index (χ3n) is 4.87. The average Bonchev–Trinajstić information content (AvgIpc) is 3.10. The van der Waals surface area contributed by atoms with Crippen LogP contribution < -0.4 is 0 Å². The predicted molar refractivity (Wildman–Crippen MR) is 117 cm³/mol. The summed E-state index contributed by atoms with van der Waals surface area (Å²) in [5.41, 5.74) is 3.41. The predicted octanol–water partition coefficient (Wildman–Crippen LogP) is 6.02. The van der Waals surface area contributed by atoms with Gasteiger partial charge in [0.1, 0.15) is 0 Å². The molecule has 0 saturated carbocycles. The third-order valence-corrected chi connectivity index (χ3v) is 6.01. The summed E-state index contributed by atoms with van der Waals surface area (Å²) in [6.07, 6.45) is 0. The summed E-state index contributed by atoms with van der Waals surface area (Å²) < 4.78 is 2.09. The fourth-order valence-corrected chi connectivity index (χ4v) is 4.14. The molecule has 1 heterocycles. The summed E-state index contributed by atoms with van der Waals surface area (Å²) in [6.45, 7) is 11.4. The molecule has 0 N–H and O–H groups in total. The Balaban J connectivity index is 1.86. The summed E-state index contributed by atoms with van der Waals surface area (Å²) in [5, 5.41) is 20.7. The largest absolute Gasteiger partial charge is 0.302 e. The van der Waals surface area contributed by atoms with Gasteiger partial charge < -0.3 is 4.57 Å². The van der Waals surface area contributed by atoms with Crippen LogP contribution in [0.4, 0.5) is 5.69 Å². The molecule has 6 nitrogen and oxygen atoms in total. The molecule has 0 aliphatic carbocycles. The minimum Gasteiger partial charge on any atom is -0.302 e. The van der Waals surface area contributed by atoms with E-state index >= 15 is 0 Å². The highest BCUT2D eigenvalue weighted by molar-refractivity contribution is 7.99. The summed E-state index contributed by atoms with van der Waals surface area (Å²) in [4.78, 5) is 10.7. The summed E-state index contributed by atoms with van der Waals surface area (Å²) in [6, 6.07) is 15.2. The topological polar surface area (TPSA) is 73.8 Å². The Morgan fingerprint density at radius 3 is 2.41 bits per heavy atom. The number of nitro groups is 1. The van der Waals surface area contributed by atoms with Crippen LogP contribution >= 0.6 is 11.8 Å². The minimum absolute atomic E-state index is 0.0144. The number of non-ortho nitro benzene ring substituents is 1. The van der Waals surface area contributed by atoms with Crippen LogP contribution in [0.15, 0.2) is 53.7 Å². The maximum Gasteiger partial charge on any atom is 0.269 e. The molecule has 3 aromatic rings. The van der Waals surface area contributed by atoms with Gasteiger partial charge >= 0.3 is 0 Å². The van der Waals surface area contributed by atoms with Crippen molar-refractivity contribution in [3.8, 4) is 11.4 Å². The van der Waals surface area contributed by atoms with Gasteiger partial charge in [-0.15, -0.1) is 10.2 Å². The van der Waals surface area contributed by atoms with Crippen LogP contribution in [0.25, 0.3) is 11.4 Å².